The van der Waals surface area contributed by atoms with Gasteiger partial charge in [0.2, 0.25) is 0 Å². The molecule has 7 aliphatic rings. The molecule has 9 heteroatoms. The number of rotatable bonds is 4. The molecule has 1 aromatic rings. The molecule has 4 aliphatic heterocycles. The number of epoxide rings is 1. The maximum atomic E-state index is 13.7. The molecule has 1 aromatic carbocycles. The van der Waals surface area contributed by atoms with Crippen molar-refractivity contribution in [1.82, 2.24) is 0 Å². The van der Waals surface area contributed by atoms with Crippen molar-refractivity contribution in [2.75, 3.05) is 6.61 Å². The van der Waals surface area contributed by atoms with E-state index in [2.05, 4.69) is 20.4 Å². The summed E-state index contributed by atoms with van der Waals surface area (Å²) in [5.41, 5.74) is -4.16. The van der Waals surface area contributed by atoms with Crippen molar-refractivity contribution in [2.24, 2.45) is 35.5 Å². The van der Waals surface area contributed by atoms with Gasteiger partial charge in [0.05, 0.1) is 17.8 Å². The van der Waals surface area contributed by atoms with Crippen molar-refractivity contribution < 1.29 is 43.8 Å². The molecule has 0 radical (unpaired) electrons. The summed E-state index contributed by atoms with van der Waals surface area (Å²) in [7, 11) is 0. The van der Waals surface area contributed by atoms with Crippen molar-refractivity contribution in [3.63, 3.8) is 0 Å². The maximum Gasteiger partial charge on any atom is 0.338 e. The third-order valence-electron chi connectivity index (χ3n) is 13.6. The average molecular weight is 639 g/mol. The fraction of sp³-hybridized carbons (Fsp3) is 0.757. The number of aliphatic hydroxyl groups is 3. The standard InChI is InChI=1S/C37H50O9/c1-20(2)33-18-22(4)37-26-29(33)44-35(45-33,46-37)17-13-8-6-7-10-14-21(3)25-23(5)28(42-31(39)24-15-11-9-12-16-24)36(41,27(25)37)32(40)34(19-38)30(26)43-34/h9,11-12,15-16,21-23,25-30,32,38,40-41H,1,6-8,10,13-14,17-19H2,2-5H3/t21-,22-,23+,25+,26-,27-,28?,29-,30+,32-,33-,34+,35-,36-,37-/m1/s1. The third kappa shape index (κ3) is 3.79. The lowest BCUT2D eigenvalue weighted by atomic mass is 9.52. The van der Waals surface area contributed by atoms with Gasteiger partial charge in [-0.05, 0) is 61.1 Å². The highest BCUT2D eigenvalue weighted by molar-refractivity contribution is 5.89. The zero-order valence-corrected chi connectivity index (χ0v) is 27.5. The van der Waals surface area contributed by atoms with E-state index >= 15 is 0 Å². The fourth-order valence-corrected chi connectivity index (χ4v) is 11.6. The Bertz CT molecular complexity index is 1400. The van der Waals surface area contributed by atoms with Gasteiger partial charge in [0.1, 0.15) is 41.2 Å². The lowest BCUT2D eigenvalue weighted by molar-refractivity contribution is -0.437. The van der Waals surface area contributed by atoms with Crippen molar-refractivity contribution in [3.05, 3.63) is 48.0 Å². The number of hydrogen-bond donors (Lipinski definition) is 3. The summed E-state index contributed by atoms with van der Waals surface area (Å²) in [5.74, 6) is -3.61. The highest BCUT2D eigenvalue weighted by atomic mass is 16.9. The lowest BCUT2D eigenvalue weighted by Gasteiger charge is -2.61. The minimum Gasteiger partial charge on any atom is -0.455 e. The monoisotopic (exact) mass is 638 g/mol. The Hall–Kier alpha value is -1.85. The van der Waals surface area contributed by atoms with Gasteiger partial charge in [-0.2, -0.15) is 0 Å². The van der Waals surface area contributed by atoms with Gasteiger partial charge in [-0.3, -0.25) is 0 Å². The van der Waals surface area contributed by atoms with E-state index in [0.717, 1.165) is 44.1 Å². The maximum absolute atomic E-state index is 13.7. The minimum atomic E-state index is -2.00. The molecule has 2 spiro atoms. The Labute approximate surface area is 271 Å². The second kappa shape index (κ2) is 10.3. The molecule has 0 aromatic heterocycles. The molecule has 1 unspecified atom stereocenters. The van der Waals surface area contributed by atoms with Crippen LogP contribution in [0.5, 0.6) is 0 Å². The highest BCUT2D eigenvalue weighted by Gasteiger charge is 2.90. The quantitative estimate of drug-likeness (QED) is 0.248. The first-order valence-corrected chi connectivity index (χ1v) is 17.6. The molecular formula is C37H50O9. The summed E-state index contributed by atoms with van der Waals surface area (Å²) in [4.78, 5) is 13.7. The van der Waals surface area contributed by atoms with E-state index in [1.165, 1.54) is 0 Å². The SMILES string of the molecule is C=C(C)[C@]12C[C@@H](C)[C@@]34O[C@@]5(CCCCCCC[C@@H](C)[C@H]6[C@H](C)C(OC(=O)c7ccccc7)[C@@](O)([C@H](O)[C@@]7(CO)O[C@H]7[C@H]3[C@H]1O5)[C@@H]64)O2. The van der Waals surface area contributed by atoms with Crippen molar-refractivity contribution >= 4 is 5.97 Å². The van der Waals surface area contributed by atoms with Gasteiger partial charge in [-0.1, -0.05) is 77.7 Å². The molecule has 15 atom stereocenters. The predicted octanol–water partition coefficient (Wildman–Crippen LogP) is 4.52. The zero-order valence-electron chi connectivity index (χ0n) is 27.5. The van der Waals surface area contributed by atoms with Crippen LogP contribution in [0, 0.1) is 35.5 Å². The molecule has 0 amide bonds. The zero-order chi connectivity index (χ0) is 32.4. The van der Waals surface area contributed by atoms with Crippen LogP contribution in [0.15, 0.2) is 42.5 Å². The summed E-state index contributed by atoms with van der Waals surface area (Å²) in [5, 5.41) is 37.0. The van der Waals surface area contributed by atoms with E-state index in [1.54, 1.807) is 24.3 Å². The van der Waals surface area contributed by atoms with E-state index in [-0.39, 0.29) is 23.7 Å². The van der Waals surface area contributed by atoms with E-state index in [1.807, 2.05) is 19.9 Å². The van der Waals surface area contributed by atoms with E-state index in [0.29, 0.717) is 18.4 Å². The molecule has 252 valence electrons. The van der Waals surface area contributed by atoms with Crippen molar-refractivity contribution in [2.45, 2.75) is 132 Å². The van der Waals surface area contributed by atoms with Crippen LogP contribution >= 0.6 is 0 Å². The molecule has 3 saturated carbocycles. The number of carbonyl (C=O) groups excluding carboxylic acids is 1. The first-order chi connectivity index (χ1) is 21.9. The smallest absolute Gasteiger partial charge is 0.338 e. The van der Waals surface area contributed by atoms with Gasteiger partial charge in [-0.25, -0.2) is 4.79 Å². The van der Waals surface area contributed by atoms with Crippen LogP contribution in [0.1, 0.15) is 89.4 Å². The van der Waals surface area contributed by atoms with Crippen molar-refractivity contribution in [3.8, 4) is 0 Å². The summed E-state index contributed by atoms with van der Waals surface area (Å²) in [6, 6.07) is 8.76. The van der Waals surface area contributed by atoms with Gasteiger partial charge in [-0.15, -0.1) is 0 Å². The van der Waals surface area contributed by atoms with Crippen LogP contribution in [0.25, 0.3) is 0 Å². The summed E-state index contributed by atoms with van der Waals surface area (Å²) < 4.78 is 34.2. The number of aliphatic hydroxyl groups excluding tert-OH is 2. The minimum absolute atomic E-state index is 0.122. The van der Waals surface area contributed by atoms with Crippen LogP contribution in [0.3, 0.4) is 0 Å². The predicted molar refractivity (Wildman–Crippen MR) is 166 cm³/mol. The van der Waals surface area contributed by atoms with Gasteiger partial charge in [0.15, 0.2) is 0 Å². The molecule has 8 rings (SSSR count). The fourth-order valence-electron chi connectivity index (χ4n) is 11.6. The number of esters is 1. The van der Waals surface area contributed by atoms with E-state index < -0.39 is 77.2 Å². The van der Waals surface area contributed by atoms with Gasteiger partial charge in [0, 0.05) is 18.3 Å². The van der Waals surface area contributed by atoms with Crippen LogP contribution in [0.2, 0.25) is 0 Å². The number of carbonyl (C=O) groups is 1. The summed E-state index contributed by atoms with van der Waals surface area (Å²) in [6.07, 6.45) is 3.37. The molecular weight excluding hydrogens is 588 g/mol. The Balaban J connectivity index is 1.36. The Morgan fingerprint density at radius 2 is 1.74 bits per heavy atom. The first kappa shape index (κ1) is 31.4. The number of benzene rings is 1. The van der Waals surface area contributed by atoms with Gasteiger partial charge < -0.3 is 39.0 Å². The van der Waals surface area contributed by atoms with Crippen LogP contribution in [-0.4, -0.2) is 80.7 Å². The number of fused-ring (bicyclic) bond motifs is 1. The molecule has 7 fully saturated rings. The molecule has 3 aliphatic carbocycles. The van der Waals surface area contributed by atoms with E-state index in [9.17, 15) is 20.1 Å². The van der Waals surface area contributed by atoms with Gasteiger partial charge >= 0.3 is 5.97 Å². The molecule has 4 saturated heterocycles. The first-order valence-electron chi connectivity index (χ1n) is 17.6. The molecule has 3 bridgehead atoms. The third-order valence-corrected chi connectivity index (χ3v) is 13.6. The number of ether oxygens (including phenoxy) is 5. The van der Waals surface area contributed by atoms with Crippen molar-refractivity contribution in [1.29, 1.82) is 0 Å². The summed E-state index contributed by atoms with van der Waals surface area (Å²) >= 11 is 0. The lowest BCUT2D eigenvalue weighted by Crippen LogP contribution is -2.73. The van der Waals surface area contributed by atoms with Crippen LogP contribution in [-0.2, 0) is 23.7 Å². The molecule has 4 heterocycles. The van der Waals surface area contributed by atoms with E-state index in [4.69, 9.17) is 23.7 Å². The Morgan fingerprint density at radius 3 is 2.46 bits per heavy atom. The van der Waals surface area contributed by atoms with Crippen LogP contribution < -0.4 is 0 Å². The number of hydrogen-bond acceptors (Lipinski definition) is 9. The highest BCUT2D eigenvalue weighted by Crippen LogP contribution is 2.75. The molecule has 46 heavy (non-hydrogen) atoms. The second-order valence-electron chi connectivity index (χ2n) is 15.9. The Kier molecular flexibility index (Phi) is 7.06. The largest absolute Gasteiger partial charge is 0.455 e. The topological polar surface area (TPSA) is 127 Å². The molecule has 9 nitrogen and oxygen atoms in total. The van der Waals surface area contributed by atoms with Crippen LogP contribution in [0.4, 0.5) is 0 Å². The Morgan fingerprint density at radius 1 is 1.02 bits per heavy atom. The molecule has 3 N–H and O–H groups in total. The van der Waals surface area contributed by atoms with Gasteiger partial charge in [0.25, 0.3) is 5.97 Å². The average Bonchev–Trinajstić information content (AvgIpc) is 3.67. The summed E-state index contributed by atoms with van der Waals surface area (Å²) in [6.45, 7) is 12.3. The normalized spacial score (nSPS) is 53.6. The second-order valence-corrected chi connectivity index (χ2v) is 15.9.